The van der Waals surface area contributed by atoms with E-state index >= 15 is 0 Å². The first kappa shape index (κ1) is 27.2. The summed E-state index contributed by atoms with van der Waals surface area (Å²) >= 11 is 0. The first-order valence-electron chi connectivity index (χ1n) is 14.8. The van der Waals surface area contributed by atoms with Gasteiger partial charge in [-0.3, -0.25) is 14.5 Å². The minimum Gasteiger partial charge on any atom is -0.454 e. The summed E-state index contributed by atoms with van der Waals surface area (Å²) in [5.74, 6) is 1.21. The number of carbonyl (C=O) groups excluding carboxylic acids is 2. The van der Waals surface area contributed by atoms with Gasteiger partial charge in [0.2, 0.25) is 12.7 Å². The highest BCUT2D eigenvalue weighted by atomic mass is 16.7. The molecule has 0 saturated carbocycles. The van der Waals surface area contributed by atoms with E-state index in [1.54, 1.807) is 24.3 Å². The van der Waals surface area contributed by atoms with Crippen LogP contribution >= 0.6 is 0 Å². The molecule has 1 saturated heterocycles. The number of morpholine rings is 1. The summed E-state index contributed by atoms with van der Waals surface area (Å²) in [6, 6.07) is 21.2. The number of benzene rings is 3. The van der Waals surface area contributed by atoms with Gasteiger partial charge in [-0.2, -0.15) is 0 Å². The van der Waals surface area contributed by atoms with Gasteiger partial charge in [-0.1, -0.05) is 36.4 Å². The first-order chi connectivity index (χ1) is 21.1. The molecule has 3 aliphatic rings. The quantitative estimate of drug-likeness (QED) is 0.320. The Kier molecular flexibility index (Phi) is 7.57. The second kappa shape index (κ2) is 11.9. The van der Waals surface area contributed by atoms with E-state index in [1.165, 1.54) is 10.9 Å². The maximum absolute atomic E-state index is 13.7. The number of H-pyrrole nitrogens is 1. The number of aromatic nitrogens is 1. The van der Waals surface area contributed by atoms with E-state index in [0.717, 1.165) is 61.6 Å². The van der Waals surface area contributed by atoms with Crippen molar-refractivity contribution in [2.24, 2.45) is 0 Å². The average Bonchev–Trinajstić information content (AvgIpc) is 3.68. The molecule has 9 nitrogen and oxygen atoms in total. The third-order valence-corrected chi connectivity index (χ3v) is 8.44. The summed E-state index contributed by atoms with van der Waals surface area (Å²) < 4.78 is 16.6. The van der Waals surface area contributed by atoms with Gasteiger partial charge in [0.15, 0.2) is 11.5 Å². The van der Waals surface area contributed by atoms with E-state index < -0.39 is 0 Å². The third-order valence-electron chi connectivity index (χ3n) is 8.44. The summed E-state index contributed by atoms with van der Waals surface area (Å²) in [6.45, 7) is 5.46. The molecule has 220 valence electrons. The summed E-state index contributed by atoms with van der Waals surface area (Å²) in [4.78, 5) is 34.1. The molecule has 4 aromatic rings. The average molecular weight is 579 g/mol. The SMILES string of the molecule is O=C(NCCN1CCOCC1)c1ccc(C=CC(=O)N2CCc3c([nH]c4ccccc34)C2c2ccc3c(c2)OCO3)cc1. The molecule has 0 radical (unpaired) electrons. The molecule has 3 aliphatic heterocycles. The summed E-state index contributed by atoms with van der Waals surface area (Å²) in [6.07, 6.45) is 4.18. The Balaban J connectivity index is 1.07. The van der Waals surface area contributed by atoms with Gasteiger partial charge in [-0.05, 0) is 59.5 Å². The number of rotatable bonds is 7. The van der Waals surface area contributed by atoms with E-state index in [2.05, 4.69) is 27.3 Å². The minimum atomic E-state index is -0.300. The molecule has 2 N–H and O–H groups in total. The fourth-order valence-corrected chi connectivity index (χ4v) is 6.17. The number of carbonyl (C=O) groups is 2. The highest BCUT2D eigenvalue weighted by molar-refractivity contribution is 5.95. The number of ether oxygens (including phenoxy) is 3. The molecule has 2 amide bonds. The molecular weight excluding hydrogens is 544 g/mol. The lowest BCUT2D eigenvalue weighted by Gasteiger charge is -2.35. The van der Waals surface area contributed by atoms with Crippen molar-refractivity contribution in [2.45, 2.75) is 12.5 Å². The van der Waals surface area contributed by atoms with E-state index in [9.17, 15) is 9.59 Å². The fourth-order valence-electron chi connectivity index (χ4n) is 6.17. The highest BCUT2D eigenvalue weighted by Gasteiger charge is 2.34. The Morgan fingerprint density at radius 3 is 2.63 bits per heavy atom. The summed E-state index contributed by atoms with van der Waals surface area (Å²) in [5.41, 5.74) is 5.73. The van der Waals surface area contributed by atoms with Crippen LogP contribution in [0.3, 0.4) is 0 Å². The minimum absolute atomic E-state index is 0.0862. The topological polar surface area (TPSA) is 96.1 Å². The third kappa shape index (κ3) is 5.61. The van der Waals surface area contributed by atoms with Crippen molar-refractivity contribution < 1.29 is 23.8 Å². The highest BCUT2D eigenvalue weighted by Crippen LogP contribution is 2.42. The zero-order valence-electron chi connectivity index (χ0n) is 23.9. The summed E-state index contributed by atoms with van der Waals surface area (Å²) in [5, 5.41) is 4.18. The van der Waals surface area contributed by atoms with E-state index in [1.807, 2.05) is 47.4 Å². The maximum atomic E-state index is 13.7. The van der Waals surface area contributed by atoms with Crippen LogP contribution in [0.2, 0.25) is 0 Å². The Morgan fingerprint density at radius 2 is 1.77 bits per heavy atom. The Labute approximate surface area is 250 Å². The molecule has 3 aromatic carbocycles. The smallest absolute Gasteiger partial charge is 0.251 e. The van der Waals surface area contributed by atoms with Crippen molar-refractivity contribution in [3.63, 3.8) is 0 Å². The van der Waals surface area contributed by atoms with Gasteiger partial charge in [0.25, 0.3) is 5.91 Å². The van der Waals surface area contributed by atoms with Crippen molar-refractivity contribution in [3.8, 4) is 11.5 Å². The van der Waals surface area contributed by atoms with Crippen LogP contribution < -0.4 is 14.8 Å². The molecule has 9 heteroatoms. The molecule has 0 spiro atoms. The van der Waals surface area contributed by atoms with Gasteiger partial charge < -0.3 is 29.4 Å². The molecule has 7 rings (SSSR count). The number of para-hydroxylation sites is 1. The number of hydrogen-bond donors (Lipinski definition) is 2. The van der Waals surface area contributed by atoms with Crippen LogP contribution in [-0.2, 0) is 16.0 Å². The maximum Gasteiger partial charge on any atom is 0.251 e. The predicted octanol–water partition coefficient (Wildman–Crippen LogP) is 4.15. The monoisotopic (exact) mass is 578 g/mol. The van der Waals surface area contributed by atoms with Gasteiger partial charge in [0, 0.05) is 61.0 Å². The molecule has 4 heterocycles. The van der Waals surface area contributed by atoms with Gasteiger partial charge in [0.1, 0.15) is 0 Å². The van der Waals surface area contributed by atoms with Crippen LogP contribution in [0.15, 0.2) is 72.8 Å². The zero-order chi connectivity index (χ0) is 29.2. The van der Waals surface area contributed by atoms with Crippen LogP contribution in [-0.4, -0.2) is 79.3 Å². The molecule has 1 atom stereocenters. The van der Waals surface area contributed by atoms with Crippen molar-refractivity contribution in [1.82, 2.24) is 20.1 Å². The number of hydrogen-bond acceptors (Lipinski definition) is 6. The van der Waals surface area contributed by atoms with E-state index in [4.69, 9.17) is 14.2 Å². The second-order valence-corrected chi connectivity index (χ2v) is 11.0. The molecule has 43 heavy (non-hydrogen) atoms. The molecule has 1 fully saturated rings. The number of nitrogens with zero attached hydrogens (tertiary/aromatic N) is 2. The van der Waals surface area contributed by atoms with Gasteiger partial charge in [-0.25, -0.2) is 0 Å². The van der Waals surface area contributed by atoms with Gasteiger partial charge >= 0.3 is 0 Å². The van der Waals surface area contributed by atoms with Crippen LogP contribution in [0.1, 0.15) is 38.8 Å². The predicted molar refractivity (Wildman–Crippen MR) is 163 cm³/mol. The van der Waals surface area contributed by atoms with Crippen LogP contribution in [0.5, 0.6) is 11.5 Å². The Hall–Kier alpha value is -4.60. The molecule has 0 bridgehead atoms. The lowest BCUT2D eigenvalue weighted by atomic mass is 9.92. The number of amides is 2. The second-order valence-electron chi connectivity index (χ2n) is 11.0. The van der Waals surface area contributed by atoms with Crippen LogP contribution in [0, 0.1) is 0 Å². The number of fused-ring (bicyclic) bond motifs is 4. The van der Waals surface area contributed by atoms with Crippen molar-refractivity contribution in [3.05, 3.63) is 101 Å². The first-order valence-corrected chi connectivity index (χ1v) is 14.8. The zero-order valence-corrected chi connectivity index (χ0v) is 23.9. The van der Waals surface area contributed by atoms with Gasteiger partial charge in [0.05, 0.1) is 19.3 Å². The van der Waals surface area contributed by atoms with Crippen LogP contribution in [0.25, 0.3) is 17.0 Å². The standard InChI is InChI=1S/C34H34N4O5/c39-31(12-7-23-5-8-24(9-6-23)34(40)35-14-16-37-17-19-41-20-18-37)38-15-13-27-26-3-1-2-4-28(26)36-32(27)33(38)25-10-11-29-30(21-25)43-22-42-29/h1-12,21,33,36H,13-20,22H2,(H,35,40). The Morgan fingerprint density at radius 1 is 0.953 bits per heavy atom. The molecule has 1 aromatic heterocycles. The lowest BCUT2D eigenvalue weighted by molar-refractivity contribution is -0.128. The van der Waals surface area contributed by atoms with E-state index in [0.29, 0.717) is 30.2 Å². The van der Waals surface area contributed by atoms with Gasteiger partial charge in [-0.15, -0.1) is 0 Å². The lowest BCUT2D eigenvalue weighted by Crippen LogP contribution is -2.41. The van der Waals surface area contributed by atoms with E-state index in [-0.39, 0.29) is 24.6 Å². The van der Waals surface area contributed by atoms with Crippen LogP contribution in [0.4, 0.5) is 0 Å². The number of aromatic amines is 1. The van der Waals surface area contributed by atoms with Crippen molar-refractivity contribution in [2.75, 3.05) is 52.7 Å². The number of nitrogens with one attached hydrogen (secondary N) is 2. The Bertz CT molecular complexity index is 1670. The largest absolute Gasteiger partial charge is 0.454 e. The van der Waals surface area contributed by atoms with Crippen molar-refractivity contribution in [1.29, 1.82) is 0 Å². The fraction of sp³-hybridized carbons (Fsp3) is 0.294. The normalized spacial score (nSPS) is 18.2. The molecule has 1 unspecified atom stereocenters. The molecular formula is C34H34N4O5. The summed E-state index contributed by atoms with van der Waals surface area (Å²) in [7, 11) is 0. The van der Waals surface area contributed by atoms with Crippen molar-refractivity contribution >= 4 is 28.8 Å². The molecule has 0 aliphatic carbocycles.